The third-order valence-corrected chi connectivity index (χ3v) is 8.35. The Morgan fingerprint density at radius 3 is 0.814 bits per heavy atom. The summed E-state index contributed by atoms with van der Waals surface area (Å²) < 4.78 is 295. The minimum Gasteiger partial charge on any atom is -0.508 e. The summed E-state index contributed by atoms with van der Waals surface area (Å²) in [6.45, 7) is 0. The largest absolute Gasteiger partial charge is 0.508 e. The van der Waals surface area contributed by atoms with Crippen LogP contribution in [0.25, 0.3) is 0 Å². The van der Waals surface area contributed by atoms with Crippen molar-refractivity contribution in [2.45, 2.75) is 0 Å². The molecule has 0 bridgehead atoms. The number of nitrogens with zero attached hydrogens (tertiary/aromatic N) is 2. The molecule has 1 N–H and O–H groups in total. The zero-order chi connectivity index (χ0) is 44.2. The number of aromatic hydroxyl groups is 1. The van der Waals surface area contributed by atoms with Crippen molar-refractivity contribution in [3.05, 3.63) is 165 Å². The highest BCUT2D eigenvalue weighted by Crippen LogP contribution is 2.30. The van der Waals surface area contributed by atoms with Gasteiger partial charge in [-0.1, -0.05) is 0 Å². The van der Waals surface area contributed by atoms with Gasteiger partial charge in [-0.25, -0.2) is 92.6 Å². The lowest BCUT2D eigenvalue weighted by atomic mass is 9.12. The highest BCUT2D eigenvalue weighted by atomic mass is 19.2. The van der Waals surface area contributed by atoms with Crippen LogP contribution in [-0.4, -0.2) is 16.2 Å². The second kappa shape index (κ2) is 16.0. The maximum Gasteiger partial charge on any atom is 0.241 e. The summed E-state index contributed by atoms with van der Waals surface area (Å²) in [5.41, 5.74) is -14.3. The molecule has 6 aromatic rings. The Hall–Kier alpha value is -6.56. The van der Waals surface area contributed by atoms with E-state index in [2.05, 4.69) is 4.98 Å². The number of phenolic OH excluding ortho intramolecular Hbond substituents is 1. The number of phenols is 1. The monoisotopic (exact) mass is 868 g/mol. The molecule has 5 aromatic carbocycles. The maximum atomic E-state index is 15.4. The number of halogens is 20. The van der Waals surface area contributed by atoms with Gasteiger partial charge in [0, 0.05) is 4.73 Å². The molecule has 310 valence electrons. The molecule has 6 rings (SSSR count). The van der Waals surface area contributed by atoms with Gasteiger partial charge in [-0.2, -0.15) is 0 Å². The van der Waals surface area contributed by atoms with Gasteiger partial charge in [-0.15, -0.1) is 21.9 Å². The van der Waals surface area contributed by atoms with Gasteiger partial charge in [0.05, 0.1) is 12.4 Å². The predicted molar refractivity (Wildman–Crippen MR) is 158 cm³/mol. The SMILES string of the molecule is Fc1c(F)c(F)c([B-](c2c(F)c(F)c(F)c(F)c2F)(c2c(F)c(F)c(F)c(F)c2F)c2c(F)c(F)c(F)c(F)c2F)c(F)c1F.Oc1ccc(O[n+]2ccncc2)cc1. The van der Waals surface area contributed by atoms with Crippen LogP contribution in [0, 0.1) is 116 Å². The molecule has 25 heteroatoms. The molecule has 0 aliphatic rings. The van der Waals surface area contributed by atoms with Crippen LogP contribution in [0.1, 0.15) is 0 Å². The molecule has 1 heterocycles. The lowest BCUT2D eigenvalue weighted by Crippen LogP contribution is -2.81. The first-order valence-corrected chi connectivity index (χ1v) is 15.1. The van der Waals surface area contributed by atoms with Crippen LogP contribution >= 0.6 is 0 Å². The molecule has 0 aliphatic heterocycles. The Balaban J connectivity index is 0.000000395. The van der Waals surface area contributed by atoms with E-state index in [0.717, 1.165) is 0 Å². The summed E-state index contributed by atoms with van der Waals surface area (Å²) in [6.07, 6.45) is -0.592. The van der Waals surface area contributed by atoms with Crippen LogP contribution in [0.3, 0.4) is 0 Å². The van der Waals surface area contributed by atoms with Gasteiger partial charge in [0.1, 0.15) is 58.4 Å². The summed E-state index contributed by atoms with van der Waals surface area (Å²) in [5, 5.41) is 9.05. The number of hydrogen-bond acceptors (Lipinski definition) is 3. The summed E-state index contributed by atoms with van der Waals surface area (Å²) in [6, 6.07) is 6.50. The van der Waals surface area contributed by atoms with Crippen LogP contribution in [0.4, 0.5) is 87.8 Å². The van der Waals surface area contributed by atoms with Crippen LogP contribution in [0.5, 0.6) is 11.5 Å². The Labute approximate surface area is 312 Å². The average molecular weight is 868 g/mol. The van der Waals surface area contributed by atoms with E-state index in [0.29, 0.717) is 5.75 Å². The lowest BCUT2D eigenvalue weighted by molar-refractivity contribution is -0.875. The van der Waals surface area contributed by atoms with E-state index >= 15 is 35.1 Å². The number of hydrogen-bond donors (Lipinski definition) is 1. The number of aromatic nitrogens is 2. The van der Waals surface area contributed by atoms with Crippen molar-refractivity contribution in [2.24, 2.45) is 0 Å². The highest BCUT2D eigenvalue weighted by Gasteiger charge is 2.52. The second-order valence-corrected chi connectivity index (χ2v) is 11.5. The van der Waals surface area contributed by atoms with E-state index in [9.17, 15) is 52.7 Å². The molecule has 0 radical (unpaired) electrons. The molecule has 1 aromatic heterocycles. The zero-order valence-corrected chi connectivity index (χ0v) is 27.5. The van der Waals surface area contributed by atoms with Crippen molar-refractivity contribution in [1.29, 1.82) is 0 Å². The lowest BCUT2D eigenvalue weighted by Gasteiger charge is -2.44. The van der Waals surface area contributed by atoms with E-state index in [1.165, 1.54) is 4.73 Å². The summed E-state index contributed by atoms with van der Waals surface area (Å²) in [4.78, 5) is 9.26. The minimum atomic E-state index is -7.22. The Kier molecular flexibility index (Phi) is 11.8. The normalized spacial score (nSPS) is 11.5. The van der Waals surface area contributed by atoms with Crippen molar-refractivity contribution < 1.29 is 102 Å². The third-order valence-electron chi connectivity index (χ3n) is 8.35. The fourth-order valence-corrected chi connectivity index (χ4v) is 5.87. The van der Waals surface area contributed by atoms with Crippen molar-refractivity contribution in [3.63, 3.8) is 0 Å². The van der Waals surface area contributed by atoms with Crippen molar-refractivity contribution >= 4 is 28.0 Å². The maximum absolute atomic E-state index is 15.4. The molecule has 4 nitrogen and oxygen atoms in total. The summed E-state index contributed by atoms with van der Waals surface area (Å²) >= 11 is 0. The van der Waals surface area contributed by atoms with Gasteiger partial charge >= 0.3 is 0 Å². The van der Waals surface area contributed by atoms with E-state index in [4.69, 9.17) is 9.94 Å². The molecule has 59 heavy (non-hydrogen) atoms. The predicted octanol–water partition coefficient (Wildman–Crippen LogP) is 6.76. The Bertz CT molecular complexity index is 2270. The average Bonchev–Trinajstić information content (AvgIpc) is 3.22. The zero-order valence-electron chi connectivity index (χ0n) is 27.5. The Morgan fingerprint density at radius 2 is 0.576 bits per heavy atom. The summed E-state index contributed by atoms with van der Waals surface area (Å²) in [7, 11) is 0. The topological polar surface area (TPSA) is 46.2 Å². The van der Waals surface area contributed by atoms with E-state index in [-0.39, 0.29) is 5.75 Å². The van der Waals surface area contributed by atoms with Crippen LogP contribution < -0.4 is 31.4 Å². The van der Waals surface area contributed by atoms with Gasteiger partial charge in [0.2, 0.25) is 18.1 Å². The minimum absolute atomic E-state index is 0.220. The smallest absolute Gasteiger partial charge is 0.241 e. The molecule has 0 amide bonds. The Morgan fingerprint density at radius 1 is 0.356 bits per heavy atom. The van der Waals surface area contributed by atoms with Gasteiger partial charge in [-0.3, -0.25) is 4.98 Å². The number of rotatable bonds is 6. The number of benzene rings is 5. The fourth-order valence-electron chi connectivity index (χ4n) is 5.87. The van der Waals surface area contributed by atoms with Gasteiger partial charge in [0.25, 0.3) is 0 Å². The quantitative estimate of drug-likeness (QED) is 0.0663. The molecular weight excluding hydrogens is 859 g/mol. The molecule has 0 spiro atoms. The van der Waals surface area contributed by atoms with Crippen molar-refractivity contribution in [3.8, 4) is 11.5 Å². The van der Waals surface area contributed by atoms with Gasteiger partial charge < -0.3 is 5.11 Å². The first-order chi connectivity index (χ1) is 27.5. The standard InChI is InChI=1S/C24BF20.C10H8N2O2/c26-5-1(6(27)14(35)21(42)13(5)34)25(2-7(28)15(36)22(43)16(37)8(2)29,3-9(30)17(38)23(44)18(39)10(3)31)4-11(32)19(40)24(45)20(41)12(4)33;13-9-1-3-10(4-2-9)14-12-7-5-11-6-8-12/h;1-8H/q-1;/p+1. The molecular formula is C34H9BF20N2O2. The molecule has 0 saturated heterocycles. The van der Waals surface area contributed by atoms with Crippen LogP contribution in [-0.2, 0) is 0 Å². The first kappa shape index (κ1) is 43.6. The molecule has 0 unspecified atom stereocenters. The molecule has 0 atom stereocenters. The van der Waals surface area contributed by atoms with E-state index in [1.807, 2.05) is 0 Å². The fraction of sp³-hybridized carbons (Fsp3) is 0. The van der Waals surface area contributed by atoms with E-state index < -0.39 is 144 Å². The molecule has 0 fully saturated rings. The summed E-state index contributed by atoms with van der Waals surface area (Å²) in [5.74, 6) is -70.5. The highest BCUT2D eigenvalue weighted by molar-refractivity contribution is 7.20. The molecule has 0 aliphatic carbocycles. The third kappa shape index (κ3) is 6.86. The van der Waals surface area contributed by atoms with Crippen molar-refractivity contribution in [2.75, 3.05) is 0 Å². The van der Waals surface area contributed by atoms with Gasteiger partial charge in [0.15, 0.2) is 69.8 Å². The van der Waals surface area contributed by atoms with Crippen LogP contribution in [0.2, 0.25) is 0 Å². The van der Waals surface area contributed by atoms with Gasteiger partial charge in [-0.05, 0) is 24.3 Å². The first-order valence-electron chi connectivity index (χ1n) is 15.1. The van der Waals surface area contributed by atoms with Crippen LogP contribution in [0.15, 0.2) is 49.1 Å². The molecule has 0 saturated carbocycles. The van der Waals surface area contributed by atoms with E-state index in [1.54, 1.807) is 49.1 Å². The van der Waals surface area contributed by atoms with Crippen molar-refractivity contribution in [1.82, 2.24) is 4.98 Å². The second-order valence-electron chi connectivity index (χ2n) is 11.5.